The lowest BCUT2D eigenvalue weighted by Gasteiger charge is -2.28. The highest BCUT2D eigenvalue weighted by molar-refractivity contribution is 6.14. The van der Waals surface area contributed by atoms with E-state index in [0.29, 0.717) is 0 Å². The zero-order valence-corrected chi connectivity index (χ0v) is 22.9. The van der Waals surface area contributed by atoms with Crippen molar-refractivity contribution >= 4 is 49.6 Å². The van der Waals surface area contributed by atoms with Crippen LogP contribution >= 0.6 is 0 Å². The zero-order valence-electron chi connectivity index (χ0n) is 22.9. The molecule has 0 atom stereocenters. The Balaban J connectivity index is 1.38. The third-order valence-corrected chi connectivity index (χ3v) is 8.03. The molecular formula is C40H27NO. The predicted molar refractivity (Wildman–Crippen MR) is 177 cm³/mol. The molecular weight excluding hydrogens is 510 g/mol. The maximum atomic E-state index is 6.60. The third kappa shape index (κ3) is 4.05. The number of hydrogen-bond donors (Lipinski definition) is 0. The van der Waals surface area contributed by atoms with Crippen molar-refractivity contribution in [1.29, 1.82) is 0 Å². The Morgan fingerprint density at radius 2 is 1.00 bits per heavy atom. The molecule has 8 aromatic rings. The number of furan rings is 1. The van der Waals surface area contributed by atoms with Gasteiger partial charge in [0.15, 0.2) is 0 Å². The first kappa shape index (κ1) is 24.2. The van der Waals surface area contributed by atoms with Crippen LogP contribution in [0.1, 0.15) is 0 Å². The summed E-state index contributed by atoms with van der Waals surface area (Å²) in [6.45, 7) is 0. The quantitative estimate of drug-likeness (QED) is 0.203. The lowest BCUT2D eigenvalue weighted by molar-refractivity contribution is 0.632. The van der Waals surface area contributed by atoms with E-state index in [1.165, 1.54) is 21.5 Å². The van der Waals surface area contributed by atoms with E-state index in [-0.39, 0.29) is 0 Å². The van der Waals surface area contributed by atoms with Gasteiger partial charge in [0, 0.05) is 33.3 Å². The first-order valence-electron chi connectivity index (χ1n) is 14.3. The fourth-order valence-electron chi connectivity index (χ4n) is 6.15. The second kappa shape index (κ2) is 10.1. The maximum absolute atomic E-state index is 6.60. The number of fused-ring (bicyclic) bond motifs is 4. The van der Waals surface area contributed by atoms with Crippen LogP contribution in [-0.4, -0.2) is 0 Å². The largest absolute Gasteiger partial charge is 0.455 e. The van der Waals surface area contributed by atoms with Gasteiger partial charge in [-0.3, -0.25) is 0 Å². The summed E-state index contributed by atoms with van der Waals surface area (Å²) in [6, 6.07) is 57.8. The molecule has 0 amide bonds. The number of para-hydroxylation sites is 2. The Kier molecular flexibility index (Phi) is 5.82. The molecule has 2 heteroatoms. The van der Waals surface area contributed by atoms with E-state index in [0.717, 1.165) is 50.5 Å². The van der Waals surface area contributed by atoms with Crippen LogP contribution in [0.3, 0.4) is 0 Å². The Morgan fingerprint density at radius 1 is 0.405 bits per heavy atom. The van der Waals surface area contributed by atoms with Gasteiger partial charge in [0.1, 0.15) is 11.3 Å². The van der Waals surface area contributed by atoms with Crippen LogP contribution in [0.4, 0.5) is 17.1 Å². The van der Waals surface area contributed by atoms with Gasteiger partial charge in [0.25, 0.3) is 0 Å². The summed E-state index contributed by atoms with van der Waals surface area (Å²) < 4.78 is 6.60. The molecule has 1 aromatic heterocycles. The van der Waals surface area contributed by atoms with Crippen molar-refractivity contribution in [3.8, 4) is 22.5 Å². The summed E-state index contributed by atoms with van der Waals surface area (Å²) in [7, 11) is 0. The molecule has 198 valence electrons. The van der Waals surface area contributed by atoms with Gasteiger partial charge in [-0.15, -0.1) is 0 Å². The van der Waals surface area contributed by atoms with E-state index in [1.807, 2.05) is 12.1 Å². The Labute approximate surface area is 244 Å². The van der Waals surface area contributed by atoms with E-state index >= 15 is 0 Å². The molecule has 0 spiro atoms. The predicted octanol–water partition coefficient (Wildman–Crippen LogP) is 11.5. The first-order chi connectivity index (χ1) is 20.8. The molecule has 1 heterocycles. The molecule has 0 aliphatic carbocycles. The van der Waals surface area contributed by atoms with Crippen molar-refractivity contribution in [3.05, 3.63) is 164 Å². The highest BCUT2D eigenvalue weighted by atomic mass is 16.3. The maximum Gasteiger partial charge on any atom is 0.143 e. The van der Waals surface area contributed by atoms with Gasteiger partial charge < -0.3 is 9.32 Å². The molecule has 42 heavy (non-hydrogen) atoms. The summed E-state index contributed by atoms with van der Waals surface area (Å²) in [6.07, 6.45) is 0. The Bertz CT molecular complexity index is 2200. The number of anilines is 3. The fourth-order valence-corrected chi connectivity index (χ4v) is 6.15. The molecule has 8 rings (SSSR count). The minimum atomic E-state index is 0.876. The summed E-state index contributed by atoms with van der Waals surface area (Å²) in [5.41, 5.74) is 7.49. The van der Waals surface area contributed by atoms with Crippen molar-refractivity contribution in [3.63, 3.8) is 0 Å². The molecule has 0 aliphatic heterocycles. The fraction of sp³-hybridized carbons (Fsp3) is 0. The lowest BCUT2D eigenvalue weighted by Crippen LogP contribution is -2.10. The highest BCUT2D eigenvalue weighted by Crippen LogP contribution is 2.45. The van der Waals surface area contributed by atoms with Crippen LogP contribution in [0, 0.1) is 0 Å². The van der Waals surface area contributed by atoms with E-state index in [1.54, 1.807) is 0 Å². The Hall–Kier alpha value is -5.60. The summed E-state index contributed by atoms with van der Waals surface area (Å²) in [5, 5.41) is 6.04. The van der Waals surface area contributed by atoms with Crippen molar-refractivity contribution in [2.24, 2.45) is 0 Å². The molecule has 0 N–H and O–H groups in total. The van der Waals surface area contributed by atoms with Gasteiger partial charge in [-0.1, -0.05) is 127 Å². The van der Waals surface area contributed by atoms with Gasteiger partial charge in [0.2, 0.25) is 0 Å². The molecule has 0 saturated carbocycles. The Morgan fingerprint density at radius 3 is 1.81 bits per heavy atom. The first-order valence-corrected chi connectivity index (χ1v) is 14.3. The summed E-state index contributed by atoms with van der Waals surface area (Å²) in [4.78, 5) is 2.36. The van der Waals surface area contributed by atoms with Crippen LogP contribution in [0.2, 0.25) is 0 Å². The second-order valence-corrected chi connectivity index (χ2v) is 10.6. The van der Waals surface area contributed by atoms with Gasteiger partial charge in [-0.05, 0) is 58.1 Å². The number of hydrogen-bond acceptors (Lipinski definition) is 2. The number of rotatable bonds is 5. The van der Waals surface area contributed by atoms with Gasteiger partial charge in [-0.2, -0.15) is 0 Å². The summed E-state index contributed by atoms with van der Waals surface area (Å²) in [5.74, 6) is 0.876. The molecule has 0 fully saturated rings. The summed E-state index contributed by atoms with van der Waals surface area (Å²) >= 11 is 0. The lowest BCUT2D eigenvalue weighted by atomic mass is 9.97. The molecule has 0 unspecified atom stereocenters. The monoisotopic (exact) mass is 537 g/mol. The van der Waals surface area contributed by atoms with Crippen LogP contribution in [-0.2, 0) is 0 Å². The van der Waals surface area contributed by atoms with Crippen molar-refractivity contribution in [2.45, 2.75) is 0 Å². The van der Waals surface area contributed by atoms with Crippen molar-refractivity contribution < 1.29 is 4.42 Å². The normalized spacial score (nSPS) is 11.3. The van der Waals surface area contributed by atoms with Crippen molar-refractivity contribution in [1.82, 2.24) is 0 Å². The molecule has 7 aromatic carbocycles. The number of nitrogens with zero attached hydrogens (tertiary/aromatic N) is 1. The molecule has 0 bridgehead atoms. The third-order valence-electron chi connectivity index (χ3n) is 8.03. The average molecular weight is 538 g/mol. The van der Waals surface area contributed by atoms with Gasteiger partial charge >= 0.3 is 0 Å². The second-order valence-electron chi connectivity index (χ2n) is 10.6. The van der Waals surface area contributed by atoms with E-state index in [9.17, 15) is 0 Å². The molecule has 0 saturated heterocycles. The van der Waals surface area contributed by atoms with E-state index in [2.05, 4.69) is 157 Å². The smallest absolute Gasteiger partial charge is 0.143 e. The standard InChI is InChI=1S/C40H27NO/c1-3-14-28(15-4-1)39-36-24-11-12-25-38(36)42-40(39)30-17-13-20-32(26-30)41(31-18-5-2-6-19-31)37-27-29-16-7-8-21-33(29)34-22-9-10-23-35(34)37/h1-27H. The van der Waals surface area contributed by atoms with E-state index < -0.39 is 0 Å². The van der Waals surface area contributed by atoms with Crippen LogP contribution in [0.15, 0.2) is 168 Å². The zero-order chi connectivity index (χ0) is 27.9. The average Bonchev–Trinajstić information content (AvgIpc) is 3.46. The van der Waals surface area contributed by atoms with Crippen molar-refractivity contribution in [2.75, 3.05) is 4.90 Å². The SMILES string of the molecule is c1ccc(-c2c(-c3cccc(N(c4ccccc4)c4cc5ccccc5c5ccccc45)c3)oc3ccccc23)cc1. The highest BCUT2D eigenvalue weighted by Gasteiger charge is 2.21. The van der Waals surface area contributed by atoms with Crippen LogP contribution in [0.25, 0.3) is 55.0 Å². The molecule has 2 nitrogen and oxygen atoms in total. The number of benzene rings is 7. The molecule has 0 aliphatic rings. The minimum absolute atomic E-state index is 0.876. The van der Waals surface area contributed by atoms with Crippen LogP contribution < -0.4 is 4.90 Å². The topological polar surface area (TPSA) is 16.4 Å². The van der Waals surface area contributed by atoms with Gasteiger partial charge in [-0.25, -0.2) is 0 Å². The van der Waals surface area contributed by atoms with Crippen LogP contribution in [0.5, 0.6) is 0 Å². The minimum Gasteiger partial charge on any atom is -0.455 e. The van der Waals surface area contributed by atoms with E-state index in [4.69, 9.17) is 4.42 Å². The van der Waals surface area contributed by atoms with Gasteiger partial charge in [0.05, 0.1) is 5.69 Å². The molecule has 0 radical (unpaired) electrons.